The van der Waals surface area contributed by atoms with E-state index in [9.17, 15) is 0 Å². The van der Waals surface area contributed by atoms with Gasteiger partial charge in [-0.15, -0.1) is 0 Å². The third-order valence-electron chi connectivity index (χ3n) is 4.25. The maximum Gasteiger partial charge on any atom is 0.0945 e. The van der Waals surface area contributed by atoms with E-state index >= 15 is 0 Å². The third-order valence-corrected chi connectivity index (χ3v) is 4.25. The molecule has 2 aromatic heterocycles. The number of nitrogens with zero attached hydrogens (tertiary/aromatic N) is 4. The largest absolute Gasteiger partial charge is 0.306 e. The number of aromatic nitrogens is 3. The number of likely N-dealkylation sites (tertiary alicyclic amines) is 1. The van der Waals surface area contributed by atoms with Crippen molar-refractivity contribution < 1.29 is 0 Å². The molecule has 3 heterocycles. The minimum atomic E-state index is 0.744. The Morgan fingerprint density at radius 2 is 2.10 bits per heavy atom. The summed E-state index contributed by atoms with van der Waals surface area (Å²) in [5.74, 6) is 0.744. The highest BCUT2D eigenvalue weighted by molar-refractivity contribution is 5.56. The van der Waals surface area contributed by atoms with Gasteiger partial charge in [-0.2, -0.15) is 10.2 Å². The summed E-state index contributed by atoms with van der Waals surface area (Å²) in [4.78, 5) is 6.55. The molecule has 1 aliphatic rings. The number of hydrogen-bond donors (Lipinski definition) is 0. The van der Waals surface area contributed by atoms with Crippen LogP contribution in [0.25, 0.3) is 11.3 Å². The van der Waals surface area contributed by atoms with Crippen LogP contribution in [0.4, 0.5) is 0 Å². The van der Waals surface area contributed by atoms with Gasteiger partial charge < -0.3 is 4.90 Å². The van der Waals surface area contributed by atoms with Crippen LogP contribution in [0.2, 0.25) is 0 Å². The van der Waals surface area contributed by atoms with Gasteiger partial charge in [0.05, 0.1) is 11.4 Å². The molecule has 1 aliphatic heterocycles. The second kappa shape index (κ2) is 6.76. The van der Waals surface area contributed by atoms with Gasteiger partial charge >= 0.3 is 0 Å². The summed E-state index contributed by atoms with van der Waals surface area (Å²) < 4.78 is 0. The molecule has 0 unspecified atom stereocenters. The Morgan fingerprint density at radius 1 is 1.14 bits per heavy atom. The molecule has 0 aliphatic carbocycles. The Balaban J connectivity index is 1.64. The summed E-state index contributed by atoms with van der Waals surface area (Å²) >= 11 is 0. The van der Waals surface area contributed by atoms with Gasteiger partial charge in [0.2, 0.25) is 0 Å². The van der Waals surface area contributed by atoms with Gasteiger partial charge in [-0.3, -0.25) is 4.98 Å². The fraction of sp³-hybridized carbons (Fsp3) is 0.471. The molecule has 4 nitrogen and oxygen atoms in total. The highest BCUT2D eigenvalue weighted by Crippen LogP contribution is 2.21. The van der Waals surface area contributed by atoms with Crippen molar-refractivity contribution in [2.24, 2.45) is 5.92 Å². The fourth-order valence-electron chi connectivity index (χ4n) is 2.95. The molecule has 3 rings (SSSR count). The molecule has 0 radical (unpaired) electrons. The zero-order valence-electron chi connectivity index (χ0n) is 12.6. The zero-order valence-corrected chi connectivity index (χ0v) is 12.6. The molecule has 2 aromatic rings. The van der Waals surface area contributed by atoms with Gasteiger partial charge in [-0.05, 0) is 76.0 Å². The highest BCUT2D eigenvalue weighted by atomic mass is 15.1. The Hall–Kier alpha value is -1.81. The third kappa shape index (κ3) is 3.85. The van der Waals surface area contributed by atoms with Crippen molar-refractivity contribution in [1.29, 1.82) is 0 Å². The van der Waals surface area contributed by atoms with Gasteiger partial charge in [0, 0.05) is 18.0 Å². The Labute approximate surface area is 126 Å². The van der Waals surface area contributed by atoms with E-state index in [1.54, 1.807) is 6.20 Å². The Bertz CT molecular complexity index is 553. The van der Waals surface area contributed by atoms with E-state index in [1.807, 2.05) is 18.3 Å². The molecule has 110 valence electrons. The van der Waals surface area contributed by atoms with Crippen molar-refractivity contribution in [1.82, 2.24) is 20.1 Å². The van der Waals surface area contributed by atoms with Gasteiger partial charge in [0.25, 0.3) is 0 Å². The van der Waals surface area contributed by atoms with Crippen LogP contribution in [0.5, 0.6) is 0 Å². The molecule has 0 bridgehead atoms. The number of hydrogen-bond acceptors (Lipinski definition) is 4. The molecule has 0 spiro atoms. The maximum absolute atomic E-state index is 4.41. The van der Waals surface area contributed by atoms with E-state index in [-0.39, 0.29) is 0 Å². The first-order valence-corrected chi connectivity index (χ1v) is 7.73. The summed E-state index contributed by atoms with van der Waals surface area (Å²) in [6, 6.07) is 8.11. The molecule has 4 heteroatoms. The van der Waals surface area contributed by atoms with Crippen LogP contribution in [-0.4, -0.2) is 40.2 Å². The molecular formula is C17H22N4. The van der Waals surface area contributed by atoms with E-state index < -0.39 is 0 Å². The molecule has 0 aromatic carbocycles. The smallest absolute Gasteiger partial charge is 0.0945 e. The molecular weight excluding hydrogens is 260 g/mol. The zero-order chi connectivity index (χ0) is 14.5. The van der Waals surface area contributed by atoms with Gasteiger partial charge in [0.15, 0.2) is 0 Å². The van der Waals surface area contributed by atoms with E-state index in [4.69, 9.17) is 0 Å². The Kier molecular flexibility index (Phi) is 4.55. The van der Waals surface area contributed by atoms with E-state index in [1.165, 1.54) is 32.4 Å². The van der Waals surface area contributed by atoms with Crippen LogP contribution in [-0.2, 0) is 6.42 Å². The highest BCUT2D eigenvalue weighted by Gasteiger charge is 2.16. The van der Waals surface area contributed by atoms with Crippen molar-refractivity contribution in [3.8, 4) is 11.3 Å². The fourth-order valence-corrected chi connectivity index (χ4v) is 2.95. The molecule has 1 atom stereocenters. The SMILES string of the molecule is CN1CCC[C@@H](Cc2ccc(-c3cccnc3)nn2)CC1. The predicted molar refractivity (Wildman–Crippen MR) is 83.8 cm³/mol. The van der Waals surface area contributed by atoms with Crippen LogP contribution in [0, 0.1) is 5.92 Å². The van der Waals surface area contributed by atoms with Crippen molar-refractivity contribution in [2.75, 3.05) is 20.1 Å². The Morgan fingerprint density at radius 3 is 2.86 bits per heavy atom. The van der Waals surface area contributed by atoms with Gasteiger partial charge in [-0.1, -0.05) is 0 Å². The lowest BCUT2D eigenvalue weighted by Gasteiger charge is -2.14. The summed E-state index contributed by atoms with van der Waals surface area (Å²) in [6.45, 7) is 2.42. The lowest BCUT2D eigenvalue weighted by Crippen LogP contribution is -2.19. The van der Waals surface area contributed by atoms with E-state index in [2.05, 4.69) is 39.3 Å². The average Bonchev–Trinajstić information content (AvgIpc) is 2.74. The molecule has 0 amide bonds. The number of rotatable bonds is 3. The van der Waals surface area contributed by atoms with Gasteiger partial charge in [-0.25, -0.2) is 0 Å². The normalized spacial score (nSPS) is 20.1. The molecule has 21 heavy (non-hydrogen) atoms. The number of pyridine rings is 1. The van der Waals surface area contributed by atoms with Crippen LogP contribution in [0.15, 0.2) is 36.7 Å². The second-order valence-corrected chi connectivity index (χ2v) is 5.96. The van der Waals surface area contributed by atoms with Crippen LogP contribution in [0.1, 0.15) is 25.0 Å². The van der Waals surface area contributed by atoms with Crippen molar-refractivity contribution in [2.45, 2.75) is 25.7 Å². The monoisotopic (exact) mass is 282 g/mol. The molecule has 0 N–H and O–H groups in total. The molecule has 1 saturated heterocycles. The first kappa shape index (κ1) is 14.1. The average molecular weight is 282 g/mol. The van der Waals surface area contributed by atoms with Crippen molar-refractivity contribution in [3.05, 3.63) is 42.4 Å². The van der Waals surface area contributed by atoms with E-state index in [0.717, 1.165) is 29.3 Å². The van der Waals surface area contributed by atoms with Crippen molar-refractivity contribution >= 4 is 0 Å². The van der Waals surface area contributed by atoms with Crippen LogP contribution < -0.4 is 0 Å². The topological polar surface area (TPSA) is 41.9 Å². The van der Waals surface area contributed by atoms with E-state index in [0.29, 0.717) is 0 Å². The molecule has 1 fully saturated rings. The lowest BCUT2D eigenvalue weighted by molar-refractivity contribution is 0.341. The minimum absolute atomic E-state index is 0.744. The second-order valence-electron chi connectivity index (χ2n) is 5.96. The van der Waals surface area contributed by atoms with Crippen LogP contribution in [0.3, 0.4) is 0 Å². The summed E-state index contributed by atoms with van der Waals surface area (Å²) in [5, 5.41) is 8.76. The maximum atomic E-state index is 4.41. The van der Waals surface area contributed by atoms with Crippen molar-refractivity contribution in [3.63, 3.8) is 0 Å². The predicted octanol–water partition coefficient (Wildman–Crippen LogP) is 2.81. The standard InChI is InChI=1S/C17H22N4/c1-21-10-3-4-14(8-11-21)12-16-6-7-17(20-19-16)15-5-2-9-18-13-15/h2,5-7,9,13-14H,3-4,8,10-12H2,1H3/t14-/m1/s1. The molecule has 0 saturated carbocycles. The van der Waals surface area contributed by atoms with Gasteiger partial charge in [0.1, 0.15) is 0 Å². The summed E-state index contributed by atoms with van der Waals surface area (Å²) in [7, 11) is 2.21. The minimum Gasteiger partial charge on any atom is -0.306 e. The summed E-state index contributed by atoms with van der Waals surface area (Å²) in [5.41, 5.74) is 3.03. The first-order chi connectivity index (χ1) is 10.3. The first-order valence-electron chi connectivity index (χ1n) is 7.73. The lowest BCUT2D eigenvalue weighted by atomic mass is 9.95. The van der Waals surface area contributed by atoms with Crippen LogP contribution >= 0.6 is 0 Å². The quantitative estimate of drug-likeness (QED) is 0.868. The summed E-state index contributed by atoms with van der Waals surface area (Å²) in [6.07, 6.45) is 8.51.